The lowest BCUT2D eigenvalue weighted by Crippen LogP contribution is -2.23. The fourth-order valence-electron chi connectivity index (χ4n) is 1.40. The number of rotatable bonds is 6. The molecule has 0 spiro atoms. The molecule has 0 amide bonds. The summed E-state index contributed by atoms with van der Waals surface area (Å²) in [5.41, 5.74) is 0.237. The number of aliphatic hydroxyl groups excluding tert-OH is 2. The van der Waals surface area contributed by atoms with Gasteiger partial charge in [0.05, 0.1) is 22.5 Å². The molecule has 1 atom stereocenters. The van der Waals surface area contributed by atoms with Crippen LogP contribution in [0.1, 0.15) is 0 Å². The van der Waals surface area contributed by atoms with Gasteiger partial charge in [0.1, 0.15) is 0 Å². The lowest BCUT2D eigenvalue weighted by molar-refractivity contribution is 0.105. The number of hydrogen-bond donors (Lipinski definition) is 3. The Hall–Kier alpha value is -1.16. The van der Waals surface area contributed by atoms with Crippen molar-refractivity contribution >= 4 is 25.4 Å². The SMILES string of the molecule is CS(=O)(=O)c1cc(NCC(O)CO)cc(S(C)(=O)=O)c1. The topological polar surface area (TPSA) is 121 Å². The standard InChI is InChI=1S/C11H17NO6S2/c1-19(15,16)10-3-8(12-6-9(14)7-13)4-11(5-10)20(2,17)18/h3-5,9,12-14H,6-7H2,1-2H3. The minimum absolute atomic E-state index is 0.0348. The zero-order chi connectivity index (χ0) is 15.6. The first-order valence-electron chi connectivity index (χ1n) is 5.62. The monoisotopic (exact) mass is 323 g/mol. The van der Waals surface area contributed by atoms with E-state index in [1.807, 2.05) is 0 Å². The molecule has 20 heavy (non-hydrogen) atoms. The Morgan fingerprint density at radius 3 is 1.85 bits per heavy atom. The lowest BCUT2D eigenvalue weighted by atomic mass is 10.3. The summed E-state index contributed by atoms with van der Waals surface area (Å²) in [6.07, 6.45) is 0.917. The minimum Gasteiger partial charge on any atom is -0.394 e. The molecule has 0 fully saturated rings. The van der Waals surface area contributed by atoms with Crippen LogP contribution in [0.2, 0.25) is 0 Å². The molecule has 0 aliphatic heterocycles. The largest absolute Gasteiger partial charge is 0.394 e. The van der Waals surface area contributed by atoms with Crippen molar-refractivity contribution in [2.45, 2.75) is 15.9 Å². The second-order valence-electron chi connectivity index (χ2n) is 4.45. The summed E-state index contributed by atoms with van der Waals surface area (Å²) >= 11 is 0. The third-order valence-corrected chi connectivity index (χ3v) is 4.67. The quantitative estimate of drug-likeness (QED) is 0.630. The zero-order valence-corrected chi connectivity index (χ0v) is 12.7. The summed E-state index contributed by atoms with van der Waals surface area (Å²) in [6, 6.07) is 3.63. The smallest absolute Gasteiger partial charge is 0.175 e. The van der Waals surface area contributed by atoms with Crippen LogP contribution in [0.4, 0.5) is 5.69 Å². The van der Waals surface area contributed by atoms with E-state index in [2.05, 4.69) is 5.32 Å². The van der Waals surface area contributed by atoms with E-state index in [1.165, 1.54) is 12.1 Å². The van der Waals surface area contributed by atoms with Crippen molar-refractivity contribution in [2.75, 3.05) is 31.0 Å². The maximum absolute atomic E-state index is 11.5. The van der Waals surface area contributed by atoms with Gasteiger partial charge in [-0.3, -0.25) is 0 Å². The molecule has 1 rings (SSSR count). The summed E-state index contributed by atoms with van der Waals surface area (Å²) in [7, 11) is -7.14. The molecular weight excluding hydrogens is 306 g/mol. The Kier molecular flexibility index (Phi) is 5.14. The van der Waals surface area contributed by atoms with Gasteiger partial charge in [-0.2, -0.15) is 0 Å². The van der Waals surface area contributed by atoms with Crippen LogP contribution in [0.25, 0.3) is 0 Å². The van der Waals surface area contributed by atoms with Gasteiger partial charge < -0.3 is 15.5 Å². The number of nitrogens with one attached hydrogen (secondary N) is 1. The molecule has 0 radical (unpaired) electrons. The van der Waals surface area contributed by atoms with Crippen molar-refractivity contribution in [3.8, 4) is 0 Å². The first-order chi connectivity index (χ1) is 9.04. The second kappa shape index (κ2) is 6.08. The summed E-state index contributed by atoms with van der Waals surface area (Å²) in [5, 5.41) is 20.6. The third-order valence-electron chi connectivity index (χ3n) is 2.49. The molecule has 1 unspecified atom stereocenters. The van der Waals surface area contributed by atoms with Gasteiger partial charge in [-0.15, -0.1) is 0 Å². The highest BCUT2D eigenvalue weighted by atomic mass is 32.2. The maximum Gasteiger partial charge on any atom is 0.175 e. The molecule has 1 aromatic carbocycles. The van der Waals surface area contributed by atoms with Gasteiger partial charge in [-0.1, -0.05) is 0 Å². The maximum atomic E-state index is 11.5. The van der Waals surface area contributed by atoms with Crippen molar-refractivity contribution in [1.82, 2.24) is 0 Å². The highest BCUT2D eigenvalue weighted by Crippen LogP contribution is 2.22. The van der Waals surface area contributed by atoms with Crippen molar-refractivity contribution in [2.24, 2.45) is 0 Å². The van der Waals surface area contributed by atoms with Crippen LogP contribution in [-0.4, -0.2) is 58.8 Å². The predicted molar refractivity (Wildman–Crippen MR) is 74.2 cm³/mol. The van der Waals surface area contributed by atoms with Gasteiger partial charge in [0, 0.05) is 24.7 Å². The highest BCUT2D eigenvalue weighted by molar-refractivity contribution is 7.91. The van der Waals surface area contributed by atoms with Crippen LogP contribution < -0.4 is 5.32 Å². The van der Waals surface area contributed by atoms with Gasteiger partial charge in [0.15, 0.2) is 19.7 Å². The van der Waals surface area contributed by atoms with Crippen molar-refractivity contribution in [3.63, 3.8) is 0 Å². The van der Waals surface area contributed by atoms with Crippen LogP contribution in [0.15, 0.2) is 28.0 Å². The molecule has 0 heterocycles. The molecule has 0 aromatic heterocycles. The second-order valence-corrected chi connectivity index (χ2v) is 8.49. The molecule has 7 nitrogen and oxygen atoms in total. The average molecular weight is 323 g/mol. The van der Waals surface area contributed by atoms with Crippen molar-refractivity contribution < 1.29 is 27.0 Å². The minimum atomic E-state index is -3.57. The summed E-state index contributed by atoms with van der Waals surface area (Å²) in [5.74, 6) is 0. The van der Waals surface area contributed by atoms with E-state index in [4.69, 9.17) is 5.11 Å². The Balaban J connectivity index is 3.25. The fraction of sp³-hybridized carbons (Fsp3) is 0.455. The lowest BCUT2D eigenvalue weighted by Gasteiger charge is -2.12. The normalized spacial score (nSPS) is 14.0. The molecule has 9 heteroatoms. The number of benzene rings is 1. The molecule has 1 aromatic rings. The summed E-state index contributed by atoms with van der Waals surface area (Å²) in [4.78, 5) is -0.275. The van der Waals surface area contributed by atoms with E-state index >= 15 is 0 Å². The van der Waals surface area contributed by atoms with Gasteiger partial charge in [0.2, 0.25) is 0 Å². The zero-order valence-electron chi connectivity index (χ0n) is 11.1. The predicted octanol–water partition coefficient (Wildman–Crippen LogP) is -0.741. The van der Waals surface area contributed by atoms with E-state index in [9.17, 15) is 21.9 Å². The van der Waals surface area contributed by atoms with Crippen LogP contribution >= 0.6 is 0 Å². The molecule has 114 valence electrons. The van der Waals surface area contributed by atoms with E-state index in [0.717, 1.165) is 18.6 Å². The van der Waals surface area contributed by atoms with E-state index in [0.29, 0.717) is 0 Å². The molecule has 0 aliphatic rings. The molecule has 3 N–H and O–H groups in total. The number of aliphatic hydroxyl groups is 2. The fourth-order valence-corrected chi connectivity index (χ4v) is 2.84. The number of anilines is 1. The van der Waals surface area contributed by atoms with E-state index in [-0.39, 0.29) is 22.0 Å². The Bertz CT molecular complexity index is 631. The van der Waals surface area contributed by atoms with Crippen LogP contribution in [-0.2, 0) is 19.7 Å². The van der Waals surface area contributed by atoms with E-state index < -0.39 is 32.4 Å². The Morgan fingerprint density at radius 2 is 1.50 bits per heavy atom. The van der Waals surface area contributed by atoms with Crippen molar-refractivity contribution in [1.29, 1.82) is 0 Å². The summed E-state index contributed by atoms with van der Waals surface area (Å²) in [6.45, 7) is -0.495. The Labute approximate surface area is 118 Å². The van der Waals surface area contributed by atoms with Gasteiger partial charge in [0.25, 0.3) is 0 Å². The highest BCUT2D eigenvalue weighted by Gasteiger charge is 2.15. The molecular formula is C11H17NO6S2. The molecule has 0 saturated carbocycles. The van der Waals surface area contributed by atoms with Crippen molar-refractivity contribution in [3.05, 3.63) is 18.2 Å². The van der Waals surface area contributed by atoms with Crippen LogP contribution in [0.3, 0.4) is 0 Å². The molecule has 0 bridgehead atoms. The van der Waals surface area contributed by atoms with Crippen LogP contribution in [0, 0.1) is 0 Å². The van der Waals surface area contributed by atoms with E-state index in [1.54, 1.807) is 0 Å². The van der Waals surface area contributed by atoms with Gasteiger partial charge >= 0.3 is 0 Å². The van der Waals surface area contributed by atoms with Gasteiger partial charge in [-0.05, 0) is 18.2 Å². The average Bonchev–Trinajstić information content (AvgIpc) is 2.33. The van der Waals surface area contributed by atoms with Gasteiger partial charge in [-0.25, -0.2) is 16.8 Å². The summed E-state index contributed by atoms with van der Waals surface area (Å²) < 4.78 is 46.2. The first kappa shape index (κ1) is 16.9. The molecule has 0 aliphatic carbocycles. The number of sulfone groups is 2. The molecule has 0 saturated heterocycles. The Morgan fingerprint density at radius 1 is 1.05 bits per heavy atom. The first-order valence-corrected chi connectivity index (χ1v) is 9.40. The van der Waals surface area contributed by atoms with Crippen LogP contribution in [0.5, 0.6) is 0 Å². The third kappa shape index (κ3) is 4.75. The number of hydrogen-bond acceptors (Lipinski definition) is 7.